The molecule has 0 aliphatic rings. The lowest BCUT2D eigenvalue weighted by atomic mass is 10.2. The summed E-state index contributed by atoms with van der Waals surface area (Å²) in [5, 5.41) is 8.91. The highest BCUT2D eigenvalue weighted by molar-refractivity contribution is 5.85. The normalized spacial score (nSPS) is 9.65. The maximum absolute atomic E-state index is 11.4. The molecule has 1 aromatic heterocycles. The number of aromatic nitrogens is 2. The fraction of sp³-hybridized carbons (Fsp3) is 0.143. The Bertz CT molecular complexity index is 679. The molecule has 100 valence electrons. The summed E-state index contributed by atoms with van der Waals surface area (Å²) in [6.45, 7) is 0. The van der Waals surface area contributed by atoms with E-state index in [9.17, 15) is 4.79 Å². The predicted octanol–water partition coefficient (Wildman–Crippen LogP) is 1.90. The summed E-state index contributed by atoms with van der Waals surface area (Å²) in [7, 11) is 3.07. The SMILES string of the molecule is COC(=O)c1nccc(N(C)c2cccc(C#N)c2)n1. The number of hydrogen-bond acceptors (Lipinski definition) is 6. The number of benzene rings is 1. The zero-order valence-electron chi connectivity index (χ0n) is 11.1. The van der Waals surface area contributed by atoms with Crippen LogP contribution in [0.2, 0.25) is 0 Å². The maximum atomic E-state index is 11.4. The van der Waals surface area contributed by atoms with Gasteiger partial charge >= 0.3 is 5.97 Å². The van der Waals surface area contributed by atoms with Crippen molar-refractivity contribution in [2.45, 2.75) is 0 Å². The van der Waals surface area contributed by atoms with Gasteiger partial charge in [-0.25, -0.2) is 14.8 Å². The average molecular weight is 268 g/mol. The van der Waals surface area contributed by atoms with E-state index in [-0.39, 0.29) is 5.82 Å². The first-order valence-corrected chi connectivity index (χ1v) is 5.81. The first-order valence-electron chi connectivity index (χ1n) is 5.81. The Morgan fingerprint density at radius 1 is 1.40 bits per heavy atom. The molecule has 0 amide bonds. The minimum Gasteiger partial charge on any atom is -0.463 e. The molecule has 0 N–H and O–H groups in total. The fourth-order valence-corrected chi connectivity index (χ4v) is 1.64. The second-order valence-corrected chi connectivity index (χ2v) is 3.95. The summed E-state index contributed by atoms with van der Waals surface area (Å²) in [5.41, 5.74) is 1.34. The largest absolute Gasteiger partial charge is 0.463 e. The molecule has 0 unspecified atom stereocenters. The summed E-state index contributed by atoms with van der Waals surface area (Å²) >= 11 is 0. The van der Waals surface area contributed by atoms with E-state index in [1.807, 2.05) is 6.07 Å². The van der Waals surface area contributed by atoms with Crippen molar-refractivity contribution >= 4 is 17.5 Å². The average Bonchev–Trinajstić information content (AvgIpc) is 2.53. The van der Waals surface area contributed by atoms with Crippen LogP contribution in [-0.2, 0) is 4.74 Å². The highest BCUT2D eigenvalue weighted by atomic mass is 16.5. The number of nitriles is 1. The van der Waals surface area contributed by atoms with Gasteiger partial charge in [0.15, 0.2) is 0 Å². The molecule has 6 heteroatoms. The lowest BCUT2D eigenvalue weighted by Crippen LogP contribution is -2.15. The highest BCUT2D eigenvalue weighted by Crippen LogP contribution is 2.22. The van der Waals surface area contributed by atoms with Gasteiger partial charge in [0.25, 0.3) is 0 Å². The Kier molecular flexibility index (Phi) is 3.91. The molecule has 2 rings (SSSR count). The topological polar surface area (TPSA) is 79.1 Å². The molecule has 0 bridgehead atoms. The Balaban J connectivity index is 2.35. The van der Waals surface area contributed by atoms with Crippen molar-refractivity contribution in [3.8, 4) is 6.07 Å². The number of hydrogen-bond donors (Lipinski definition) is 0. The Labute approximate surface area is 116 Å². The lowest BCUT2D eigenvalue weighted by molar-refractivity contribution is 0.0587. The number of methoxy groups -OCH3 is 1. The van der Waals surface area contributed by atoms with Gasteiger partial charge in [-0.2, -0.15) is 5.26 Å². The van der Waals surface area contributed by atoms with Gasteiger partial charge in [-0.3, -0.25) is 0 Å². The van der Waals surface area contributed by atoms with Gasteiger partial charge in [-0.05, 0) is 24.3 Å². The summed E-state index contributed by atoms with van der Waals surface area (Å²) in [6, 6.07) is 10.8. The van der Waals surface area contributed by atoms with E-state index in [2.05, 4.69) is 20.8 Å². The lowest BCUT2D eigenvalue weighted by Gasteiger charge is -2.18. The molecule has 2 aromatic rings. The molecule has 0 aliphatic heterocycles. The molecular weight excluding hydrogens is 256 g/mol. The van der Waals surface area contributed by atoms with Crippen LogP contribution in [0.1, 0.15) is 16.2 Å². The van der Waals surface area contributed by atoms with Crippen LogP contribution in [0.3, 0.4) is 0 Å². The number of ether oxygens (including phenoxy) is 1. The Hall–Kier alpha value is -2.94. The van der Waals surface area contributed by atoms with Crippen LogP contribution < -0.4 is 4.90 Å². The number of esters is 1. The molecule has 0 spiro atoms. The van der Waals surface area contributed by atoms with E-state index in [1.165, 1.54) is 13.3 Å². The third-order valence-electron chi connectivity index (χ3n) is 2.72. The molecule has 0 radical (unpaired) electrons. The fourth-order valence-electron chi connectivity index (χ4n) is 1.64. The van der Waals surface area contributed by atoms with Crippen molar-refractivity contribution in [3.63, 3.8) is 0 Å². The third kappa shape index (κ3) is 2.72. The van der Waals surface area contributed by atoms with Crippen LogP contribution in [0.4, 0.5) is 11.5 Å². The standard InChI is InChI=1S/C14H12N4O2/c1-18(11-5-3-4-10(8-11)9-15)12-6-7-16-13(17-12)14(19)20-2/h3-8H,1-2H3. The summed E-state index contributed by atoms with van der Waals surface area (Å²) < 4.78 is 4.59. The van der Waals surface area contributed by atoms with Crippen LogP contribution in [0, 0.1) is 11.3 Å². The van der Waals surface area contributed by atoms with Gasteiger partial charge in [-0.15, -0.1) is 0 Å². The quantitative estimate of drug-likeness (QED) is 0.791. The highest BCUT2D eigenvalue weighted by Gasteiger charge is 2.12. The van der Waals surface area contributed by atoms with Gasteiger partial charge in [-0.1, -0.05) is 6.07 Å². The van der Waals surface area contributed by atoms with E-state index >= 15 is 0 Å². The first kappa shape index (κ1) is 13.5. The van der Waals surface area contributed by atoms with E-state index in [4.69, 9.17) is 5.26 Å². The second kappa shape index (κ2) is 5.80. The van der Waals surface area contributed by atoms with Gasteiger partial charge in [0.05, 0.1) is 18.7 Å². The summed E-state index contributed by atoms with van der Waals surface area (Å²) in [5.74, 6) is -0.0604. The molecule has 0 fully saturated rings. The first-order chi connectivity index (χ1) is 9.65. The minimum absolute atomic E-state index is 0.00622. The van der Waals surface area contributed by atoms with Crippen molar-refractivity contribution in [1.29, 1.82) is 5.26 Å². The van der Waals surface area contributed by atoms with Crippen LogP contribution in [0.5, 0.6) is 0 Å². The number of anilines is 2. The zero-order chi connectivity index (χ0) is 14.5. The molecule has 0 atom stereocenters. The number of rotatable bonds is 3. The molecule has 0 saturated carbocycles. The monoisotopic (exact) mass is 268 g/mol. The van der Waals surface area contributed by atoms with E-state index in [0.29, 0.717) is 11.4 Å². The maximum Gasteiger partial charge on any atom is 0.376 e. The van der Waals surface area contributed by atoms with Gasteiger partial charge in [0.1, 0.15) is 5.82 Å². The van der Waals surface area contributed by atoms with Gasteiger partial charge < -0.3 is 9.64 Å². The Morgan fingerprint density at radius 3 is 2.90 bits per heavy atom. The number of carbonyl (C=O) groups is 1. The molecular formula is C14H12N4O2. The molecule has 1 heterocycles. The van der Waals surface area contributed by atoms with Crippen LogP contribution in [0.25, 0.3) is 0 Å². The minimum atomic E-state index is -0.592. The smallest absolute Gasteiger partial charge is 0.376 e. The summed E-state index contributed by atoms with van der Waals surface area (Å²) in [4.78, 5) is 21.2. The molecule has 0 aliphatic carbocycles. The Morgan fingerprint density at radius 2 is 2.20 bits per heavy atom. The van der Waals surface area contributed by atoms with Crippen LogP contribution in [-0.4, -0.2) is 30.1 Å². The van der Waals surface area contributed by atoms with Gasteiger partial charge in [0.2, 0.25) is 5.82 Å². The van der Waals surface area contributed by atoms with Crippen LogP contribution in [0.15, 0.2) is 36.5 Å². The van der Waals surface area contributed by atoms with Crippen molar-refractivity contribution in [3.05, 3.63) is 47.9 Å². The molecule has 20 heavy (non-hydrogen) atoms. The number of nitrogens with zero attached hydrogens (tertiary/aromatic N) is 4. The number of carbonyl (C=O) groups excluding carboxylic acids is 1. The van der Waals surface area contributed by atoms with Gasteiger partial charge in [0, 0.05) is 18.9 Å². The van der Waals surface area contributed by atoms with Crippen molar-refractivity contribution < 1.29 is 9.53 Å². The van der Waals surface area contributed by atoms with Crippen molar-refractivity contribution in [2.24, 2.45) is 0 Å². The van der Waals surface area contributed by atoms with E-state index in [1.54, 1.807) is 36.2 Å². The predicted molar refractivity (Wildman–Crippen MR) is 72.6 cm³/mol. The van der Waals surface area contributed by atoms with E-state index < -0.39 is 5.97 Å². The molecule has 0 saturated heterocycles. The second-order valence-electron chi connectivity index (χ2n) is 3.95. The van der Waals surface area contributed by atoms with E-state index in [0.717, 1.165) is 5.69 Å². The van der Waals surface area contributed by atoms with Crippen molar-refractivity contribution in [2.75, 3.05) is 19.1 Å². The van der Waals surface area contributed by atoms with Crippen LogP contribution >= 0.6 is 0 Å². The third-order valence-corrected chi connectivity index (χ3v) is 2.72. The molecule has 1 aromatic carbocycles. The van der Waals surface area contributed by atoms with Crippen molar-refractivity contribution in [1.82, 2.24) is 9.97 Å². The molecule has 6 nitrogen and oxygen atoms in total. The summed E-state index contributed by atoms with van der Waals surface area (Å²) in [6.07, 6.45) is 1.49. The zero-order valence-corrected chi connectivity index (χ0v) is 11.1.